The van der Waals surface area contributed by atoms with Gasteiger partial charge < -0.3 is 14.5 Å². The van der Waals surface area contributed by atoms with Gasteiger partial charge in [0.2, 0.25) is 0 Å². The lowest BCUT2D eigenvalue weighted by molar-refractivity contribution is 0.102. The molecular formula is C22H20N6O2. The van der Waals surface area contributed by atoms with Crippen LogP contribution in [0.1, 0.15) is 21.5 Å². The normalized spacial score (nSPS) is 10.7. The summed E-state index contributed by atoms with van der Waals surface area (Å²) in [6, 6.07) is 12.7. The Morgan fingerprint density at radius 2 is 1.93 bits per heavy atom. The minimum Gasteiger partial charge on any atom is -0.322 e. The van der Waals surface area contributed by atoms with Crippen molar-refractivity contribution in [1.82, 2.24) is 24.3 Å². The van der Waals surface area contributed by atoms with E-state index in [1.807, 2.05) is 35.9 Å². The molecule has 30 heavy (non-hydrogen) atoms. The van der Waals surface area contributed by atoms with E-state index in [0.29, 0.717) is 17.8 Å². The smallest absolute Gasteiger partial charge is 0.263 e. The van der Waals surface area contributed by atoms with E-state index in [1.54, 1.807) is 50.0 Å². The van der Waals surface area contributed by atoms with Gasteiger partial charge in [-0.15, -0.1) is 10.2 Å². The molecule has 8 nitrogen and oxygen atoms in total. The first kappa shape index (κ1) is 19.3. The van der Waals surface area contributed by atoms with Gasteiger partial charge in [-0.05, 0) is 54.4 Å². The standard InChI is InChI=1S/C22H20N6O2/c1-15-9-11-28(13-16-4-3-10-23-12-16)22(30)19(15)21(29)25-18-7-5-17(6-8-18)20-26-24-14-27(20)2/h3-12,14H,13H2,1-2H3,(H,25,29). The fourth-order valence-electron chi connectivity index (χ4n) is 3.19. The predicted octanol–water partition coefficient (Wildman–Crippen LogP) is 2.65. The number of benzene rings is 1. The van der Waals surface area contributed by atoms with Gasteiger partial charge in [-0.1, -0.05) is 6.07 Å². The van der Waals surface area contributed by atoms with Crippen LogP contribution in [0.3, 0.4) is 0 Å². The van der Waals surface area contributed by atoms with Gasteiger partial charge in [-0.25, -0.2) is 0 Å². The Morgan fingerprint density at radius 3 is 2.60 bits per heavy atom. The Kier molecular flexibility index (Phi) is 5.21. The van der Waals surface area contributed by atoms with Crippen LogP contribution in [0.4, 0.5) is 5.69 Å². The second kappa shape index (κ2) is 8.12. The first-order valence-corrected chi connectivity index (χ1v) is 9.37. The maximum absolute atomic E-state index is 12.9. The lowest BCUT2D eigenvalue weighted by atomic mass is 10.1. The highest BCUT2D eigenvalue weighted by Gasteiger charge is 2.16. The number of nitrogens with one attached hydrogen (secondary N) is 1. The van der Waals surface area contributed by atoms with Crippen LogP contribution < -0.4 is 10.9 Å². The summed E-state index contributed by atoms with van der Waals surface area (Å²) < 4.78 is 3.32. The van der Waals surface area contributed by atoms with Crippen LogP contribution in [0.15, 0.2) is 72.2 Å². The summed E-state index contributed by atoms with van der Waals surface area (Å²) in [4.78, 5) is 29.9. The quantitative estimate of drug-likeness (QED) is 0.556. The highest BCUT2D eigenvalue weighted by molar-refractivity contribution is 6.05. The first-order valence-electron chi connectivity index (χ1n) is 9.37. The molecule has 0 fully saturated rings. The van der Waals surface area contributed by atoms with Gasteiger partial charge >= 0.3 is 0 Å². The largest absolute Gasteiger partial charge is 0.322 e. The molecule has 3 heterocycles. The topological polar surface area (TPSA) is 94.7 Å². The number of carbonyl (C=O) groups is 1. The second-order valence-corrected chi connectivity index (χ2v) is 6.97. The van der Waals surface area contributed by atoms with Crippen LogP contribution in [0, 0.1) is 6.92 Å². The average Bonchev–Trinajstić information content (AvgIpc) is 3.17. The predicted molar refractivity (Wildman–Crippen MR) is 113 cm³/mol. The van der Waals surface area contributed by atoms with Crippen molar-refractivity contribution in [3.05, 3.63) is 94.4 Å². The zero-order valence-electron chi connectivity index (χ0n) is 16.6. The molecule has 0 saturated carbocycles. The molecule has 4 aromatic rings. The second-order valence-electron chi connectivity index (χ2n) is 6.97. The van der Waals surface area contributed by atoms with E-state index in [4.69, 9.17) is 0 Å². The van der Waals surface area contributed by atoms with E-state index in [2.05, 4.69) is 20.5 Å². The average molecular weight is 400 g/mol. The van der Waals surface area contributed by atoms with Crippen LogP contribution in [-0.2, 0) is 13.6 Å². The van der Waals surface area contributed by atoms with Gasteiger partial charge in [-0.3, -0.25) is 14.6 Å². The number of aromatic nitrogens is 5. The van der Waals surface area contributed by atoms with Crippen LogP contribution in [0.5, 0.6) is 0 Å². The summed E-state index contributed by atoms with van der Waals surface area (Å²) in [5.41, 5.74) is 2.76. The highest BCUT2D eigenvalue weighted by Crippen LogP contribution is 2.19. The van der Waals surface area contributed by atoms with Gasteiger partial charge in [0, 0.05) is 36.9 Å². The number of amides is 1. The molecule has 0 aliphatic carbocycles. The van der Waals surface area contributed by atoms with Gasteiger partial charge in [-0.2, -0.15) is 0 Å². The Morgan fingerprint density at radius 1 is 1.13 bits per heavy atom. The number of aryl methyl sites for hydroxylation is 2. The Balaban J connectivity index is 1.57. The Bertz CT molecular complexity index is 1240. The molecule has 0 spiro atoms. The molecule has 0 radical (unpaired) electrons. The summed E-state index contributed by atoms with van der Waals surface area (Å²) in [6.45, 7) is 2.10. The van der Waals surface area contributed by atoms with Crippen LogP contribution in [-0.4, -0.2) is 30.2 Å². The van der Waals surface area contributed by atoms with E-state index in [0.717, 1.165) is 17.0 Å². The maximum atomic E-state index is 12.9. The molecule has 0 unspecified atom stereocenters. The number of hydrogen-bond donors (Lipinski definition) is 1. The van der Waals surface area contributed by atoms with E-state index in [1.165, 1.54) is 4.57 Å². The number of carbonyl (C=O) groups excluding carboxylic acids is 1. The zero-order valence-corrected chi connectivity index (χ0v) is 16.6. The molecule has 1 amide bonds. The molecule has 0 saturated heterocycles. The van der Waals surface area contributed by atoms with Crippen LogP contribution in [0.25, 0.3) is 11.4 Å². The summed E-state index contributed by atoms with van der Waals surface area (Å²) >= 11 is 0. The van der Waals surface area contributed by atoms with Crippen molar-refractivity contribution in [2.24, 2.45) is 7.05 Å². The SMILES string of the molecule is Cc1ccn(Cc2cccnc2)c(=O)c1C(=O)Nc1ccc(-c2nncn2C)cc1. The van der Waals surface area contributed by atoms with Crippen molar-refractivity contribution in [3.8, 4) is 11.4 Å². The summed E-state index contributed by atoms with van der Waals surface area (Å²) in [7, 11) is 1.86. The number of anilines is 1. The van der Waals surface area contributed by atoms with Crippen molar-refractivity contribution in [1.29, 1.82) is 0 Å². The van der Waals surface area contributed by atoms with Crippen LogP contribution >= 0.6 is 0 Å². The molecular weight excluding hydrogens is 380 g/mol. The fraction of sp³-hybridized carbons (Fsp3) is 0.136. The molecule has 1 N–H and O–H groups in total. The van der Waals surface area contributed by atoms with E-state index in [9.17, 15) is 9.59 Å². The molecule has 0 bridgehead atoms. The minimum absolute atomic E-state index is 0.124. The third kappa shape index (κ3) is 3.88. The van der Waals surface area contributed by atoms with Crippen molar-refractivity contribution >= 4 is 11.6 Å². The molecule has 1 aromatic carbocycles. The van der Waals surface area contributed by atoms with Crippen LogP contribution in [0.2, 0.25) is 0 Å². The van der Waals surface area contributed by atoms with E-state index in [-0.39, 0.29) is 11.1 Å². The monoisotopic (exact) mass is 400 g/mol. The molecule has 4 rings (SSSR count). The third-order valence-electron chi connectivity index (χ3n) is 4.79. The van der Waals surface area contributed by atoms with E-state index >= 15 is 0 Å². The molecule has 3 aromatic heterocycles. The van der Waals surface area contributed by atoms with Crippen molar-refractivity contribution < 1.29 is 4.79 Å². The summed E-state index contributed by atoms with van der Waals surface area (Å²) in [6.07, 6.45) is 6.69. The third-order valence-corrected chi connectivity index (χ3v) is 4.79. The van der Waals surface area contributed by atoms with Gasteiger partial charge in [0.1, 0.15) is 11.9 Å². The lowest BCUT2D eigenvalue weighted by Gasteiger charge is -2.11. The summed E-state index contributed by atoms with van der Waals surface area (Å²) in [5.74, 6) is 0.287. The number of nitrogens with zero attached hydrogens (tertiary/aromatic N) is 5. The molecule has 0 atom stereocenters. The van der Waals surface area contributed by atoms with E-state index < -0.39 is 5.91 Å². The summed E-state index contributed by atoms with van der Waals surface area (Å²) in [5, 5.41) is 10.7. The fourth-order valence-corrected chi connectivity index (χ4v) is 3.19. The van der Waals surface area contributed by atoms with Crippen molar-refractivity contribution in [3.63, 3.8) is 0 Å². The van der Waals surface area contributed by atoms with Crippen molar-refractivity contribution in [2.75, 3.05) is 5.32 Å². The van der Waals surface area contributed by atoms with Gasteiger partial charge in [0.25, 0.3) is 11.5 Å². The zero-order chi connectivity index (χ0) is 21.1. The Labute approximate surface area is 172 Å². The highest BCUT2D eigenvalue weighted by atomic mass is 16.2. The number of rotatable bonds is 5. The minimum atomic E-state index is -0.440. The molecule has 0 aliphatic heterocycles. The van der Waals surface area contributed by atoms with Gasteiger partial charge in [0.15, 0.2) is 5.82 Å². The first-order chi connectivity index (χ1) is 14.5. The van der Waals surface area contributed by atoms with Crippen molar-refractivity contribution in [2.45, 2.75) is 13.5 Å². The lowest BCUT2D eigenvalue weighted by Crippen LogP contribution is -2.30. The molecule has 150 valence electrons. The maximum Gasteiger partial charge on any atom is 0.263 e. The number of hydrogen-bond acceptors (Lipinski definition) is 5. The van der Waals surface area contributed by atoms with Gasteiger partial charge in [0.05, 0.1) is 6.54 Å². The Hall–Kier alpha value is -4.07. The number of pyridine rings is 2. The molecule has 0 aliphatic rings. The molecule has 8 heteroatoms.